The molecule has 1 aliphatic heterocycles. The van der Waals surface area contributed by atoms with Gasteiger partial charge in [-0.1, -0.05) is 43.6 Å². The highest BCUT2D eigenvalue weighted by molar-refractivity contribution is 6.30. The Morgan fingerprint density at radius 3 is 2.50 bits per heavy atom. The van der Waals surface area contributed by atoms with Gasteiger partial charge in [0.1, 0.15) is 0 Å². The van der Waals surface area contributed by atoms with Crippen LogP contribution in [0.25, 0.3) is 0 Å². The van der Waals surface area contributed by atoms with E-state index in [1.165, 1.54) is 12.1 Å². The Balaban J connectivity index is 1.77. The molecule has 1 N–H and O–H groups in total. The molecule has 178 valence electrons. The molecule has 2 atom stereocenters. The van der Waals surface area contributed by atoms with Crippen molar-refractivity contribution in [3.63, 3.8) is 0 Å². The van der Waals surface area contributed by atoms with Crippen LogP contribution in [0.2, 0.25) is 5.02 Å². The van der Waals surface area contributed by atoms with Gasteiger partial charge in [-0.3, -0.25) is 14.6 Å². The van der Waals surface area contributed by atoms with Crippen LogP contribution in [0.3, 0.4) is 0 Å². The maximum atomic E-state index is 13.5. The molecule has 2 aliphatic rings. The van der Waals surface area contributed by atoms with Crippen LogP contribution in [-0.2, 0) is 15.8 Å². The highest BCUT2D eigenvalue weighted by Crippen LogP contribution is 2.48. The molecule has 0 spiro atoms. The summed E-state index contributed by atoms with van der Waals surface area (Å²) >= 11 is 6.24. The van der Waals surface area contributed by atoms with Gasteiger partial charge in [-0.15, -0.1) is 0 Å². The van der Waals surface area contributed by atoms with E-state index < -0.39 is 29.5 Å². The first kappa shape index (κ1) is 24.2. The van der Waals surface area contributed by atoms with Crippen LogP contribution < -0.4 is 5.32 Å². The fourth-order valence-corrected chi connectivity index (χ4v) is 5.04. The third-order valence-electron chi connectivity index (χ3n) is 6.25. The number of allylic oxidation sites excluding steroid dienone is 2. The summed E-state index contributed by atoms with van der Waals surface area (Å²) in [5, 5.41) is 3.07. The number of hydrogen-bond donors (Lipinski definition) is 1. The third-order valence-corrected chi connectivity index (χ3v) is 6.48. The van der Waals surface area contributed by atoms with Gasteiger partial charge in [0.25, 0.3) is 0 Å². The van der Waals surface area contributed by atoms with Gasteiger partial charge in [-0.2, -0.15) is 13.2 Å². The topological polar surface area (TPSA) is 58.5 Å². The number of Topliss-reactive ketones (excluding diaryl/α,β-unsaturated/α-hetero) is 1. The molecule has 4 rings (SSSR count). The number of halogens is 4. The second kappa shape index (κ2) is 8.69. The quantitative estimate of drug-likeness (QED) is 0.515. The molecule has 2 aromatic rings. The lowest BCUT2D eigenvalue weighted by Gasteiger charge is -2.39. The van der Waals surface area contributed by atoms with Crippen molar-refractivity contribution >= 4 is 34.7 Å². The van der Waals surface area contributed by atoms with Gasteiger partial charge in [0.2, 0.25) is 5.91 Å². The van der Waals surface area contributed by atoms with Crippen LogP contribution in [0, 0.1) is 11.3 Å². The summed E-state index contributed by atoms with van der Waals surface area (Å²) in [7, 11) is 0. The second-order valence-corrected chi connectivity index (χ2v) is 10.1. The predicted octanol–water partition coefficient (Wildman–Crippen LogP) is 6.82. The summed E-state index contributed by atoms with van der Waals surface area (Å²) in [5.41, 5.74) is 1.23. The first-order chi connectivity index (χ1) is 15.9. The van der Waals surface area contributed by atoms with Gasteiger partial charge in [-0.05, 0) is 54.7 Å². The maximum Gasteiger partial charge on any atom is 0.416 e. The second-order valence-electron chi connectivity index (χ2n) is 9.63. The number of ketones is 1. The maximum absolute atomic E-state index is 13.5. The van der Waals surface area contributed by atoms with Crippen molar-refractivity contribution in [3.8, 4) is 0 Å². The third kappa shape index (κ3) is 4.80. The molecule has 1 unspecified atom stereocenters. The van der Waals surface area contributed by atoms with Crippen molar-refractivity contribution in [2.24, 2.45) is 16.3 Å². The van der Waals surface area contributed by atoms with Crippen LogP contribution in [0.5, 0.6) is 0 Å². The van der Waals surface area contributed by atoms with Gasteiger partial charge in [-0.25, -0.2) is 0 Å². The minimum Gasteiger partial charge on any atom is -0.325 e. The Hall–Kier alpha value is -2.93. The van der Waals surface area contributed by atoms with Gasteiger partial charge in [0.15, 0.2) is 5.78 Å². The van der Waals surface area contributed by atoms with E-state index in [-0.39, 0.29) is 16.9 Å². The molecule has 0 saturated carbocycles. The summed E-state index contributed by atoms with van der Waals surface area (Å²) in [6.45, 7) is 5.71. The Morgan fingerprint density at radius 2 is 1.82 bits per heavy atom. The Morgan fingerprint density at radius 1 is 1.12 bits per heavy atom. The van der Waals surface area contributed by atoms with Crippen LogP contribution in [0.15, 0.2) is 64.8 Å². The van der Waals surface area contributed by atoms with Gasteiger partial charge in [0, 0.05) is 40.0 Å². The van der Waals surface area contributed by atoms with E-state index in [1.807, 2.05) is 13.8 Å². The predicted molar refractivity (Wildman–Crippen MR) is 126 cm³/mol. The summed E-state index contributed by atoms with van der Waals surface area (Å²) in [4.78, 5) is 31.4. The van der Waals surface area contributed by atoms with Crippen LogP contribution in [0.4, 0.5) is 18.9 Å². The lowest BCUT2D eigenvalue weighted by molar-refractivity contribution is -0.137. The lowest BCUT2D eigenvalue weighted by Crippen LogP contribution is -2.41. The number of aliphatic imine (C=N–C) groups is 1. The van der Waals surface area contributed by atoms with Gasteiger partial charge in [0.05, 0.1) is 11.5 Å². The number of amides is 1. The molecule has 34 heavy (non-hydrogen) atoms. The standard InChI is InChI=1S/C26H24ClF3N2O2/c1-14-21(24(34)32-18-9-5-7-16(11-18)26(28,29)30)22(15-6-4-8-17(27)10-15)23-19(31-14)12-25(2,3)13-20(23)33/h4-11,21-22H,12-13H2,1-3H3,(H,32,34)/t21?,22-/m1/s1. The summed E-state index contributed by atoms with van der Waals surface area (Å²) in [5.74, 6) is -2.13. The number of nitrogens with zero attached hydrogens (tertiary/aromatic N) is 1. The molecule has 0 radical (unpaired) electrons. The zero-order valence-corrected chi connectivity index (χ0v) is 19.7. The Labute approximate surface area is 200 Å². The SMILES string of the molecule is CC1=NC2=C(C(=O)CC(C)(C)C2)[C@H](c2cccc(Cl)c2)C1C(=O)Nc1cccc(C(F)(F)F)c1. The highest BCUT2D eigenvalue weighted by atomic mass is 35.5. The normalized spacial score (nSPS) is 22.2. The molecule has 2 aromatic carbocycles. The molecule has 0 aromatic heterocycles. The molecule has 1 heterocycles. The molecular formula is C26H24ClF3N2O2. The number of nitrogens with one attached hydrogen (secondary N) is 1. The van der Waals surface area contributed by atoms with Gasteiger partial charge >= 0.3 is 6.18 Å². The smallest absolute Gasteiger partial charge is 0.325 e. The van der Waals surface area contributed by atoms with E-state index in [2.05, 4.69) is 10.3 Å². The summed E-state index contributed by atoms with van der Waals surface area (Å²) in [6.07, 6.45) is -3.63. The van der Waals surface area contributed by atoms with Crippen molar-refractivity contribution < 1.29 is 22.8 Å². The molecule has 1 amide bonds. The van der Waals surface area contributed by atoms with E-state index in [1.54, 1.807) is 31.2 Å². The Kier molecular flexibility index (Phi) is 6.19. The lowest BCUT2D eigenvalue weighted by atomic mass is 9.66. The molecule has 8 heteroatoms. The number of carbonyl (C=O) groups excluding carboxylic acids is 2. The average molecular weight is 489 g/mol. The van der Waals surface area contributed by atoms with Gasteiger partial charge < -0.3 is 5.32 Å². The molecular weight excluding hydrogens is 465 g/mol. The zero-order chi connectivity index (χ0) is 24.8. The first-order valence-electron chi connectivity index (χ1n) is 10.9. The zero-order valence-electron chi connectivity index (χ0n) is 19.0. The fourth-order valence-electron chi connectivity index (χ4n) is 4.84. The minimum atomic E-state index is -4.53. The van der Waals surface area contributed by atoms with Crippen LogP contribution >= 0.6 is 11.6 Å². The van der Waals surface area contributed by atoms with Crippen molar-refractivity contribution in [3.05, 3.63) is 76.0 Å². The highest BCUT2D eigenvalue weighted by Gasteiger charge is 2.45. The van der Waals surface area contributed by atoms with Crippen molar-refractivity contribution in [2.75, 3.05) is 5.32 Å². The fraction of sp³-hybridized carbons (Fsp3) is 0.346. The van der Waals surface area contributed by atoms with E-state index in [4.69, 9.17) is 11.6 Å². The average Bonchev–Trinajstić information content (AvgIpc) is 2.71. The van der Waals surface area contributed by atoms with Crippen molar-refractivity contribution in [2.45, 2.75) is 45.7 Å². The first-order valence-corrected chi connectivity index (χ1v) is 11.3. The summed E-state index contributed by atoms with van der Waals surface area (Å²) < 4.78 is 39.4. The molecule has 4 nitrogen and oxygen atoms in total. The minimum absolute atomic E-state index is 0.0216. The monoisotopic (exact) mass is 488 g/mol. The van der Waals surface area contributed by atoms with Crippen molar-refractivity contribution in [1.29, 1.82) is 0 Å². The van der Waals surface area contributed by atoms with Crippen LogP contribution in [-0.4, -0.2) is 17.4 Å². The number of benzene rings is 2. The molecule has 0 saturated heterocycles. The van der Waals surface area contributed by atoms with E-state index in [0.29, 0.717) is 40.4 Å². The van der Waals surface area contributed by atoms with E-state index in [9.17, 15) is 22.8 Å². The number of carbonyl (C=O) groups is 2. The number of anilines is 1. The molecule has 0 bridgehead atoms. The number of hydrogen-bond acceptors (Lipinski definition) is 3. The largest absolute Gasteiger partial charge is 0.416 e. The Bertz CT molecular complexity index is 1230. The number of alkyl halides is 3. The number of rotatable bonds is 3. The van der Waals surface area contributed by atoms with Crippen LogP contribution in [0.1, 0.15) is 50.7 Å². The van der Waals surface area contributed by atoms with E-state index in [0.717, 1.165) is 12.1 Å². The summed E-state index contributed by atoms with van der Waals surface area (Å²) in [6, 6.07) is 11.4. The van der Waals surface area contributed by atoms with E-state index >= 15 is 0 Å². The molecule has 0 fully saturated rings. The van der Waals surface area contributed by atoms with Crippen molar-refractivity contribution in [1.82, 2.24) is 0 Å². The molecule has 1 aliphatic carbocycles.